The molecule has 0 radical (unpaired) electrons. The standard InChI is InChI=1S/C20H26N4O2.ClH/c25-20(9-12-26-19-6-2-1-3-7-19)24(15-17-13-22-16-23-14-17)18-5-4-10-21-11-8-18;/h1-3,6-7,13-14,16,18,21H,4-5,8-12,15H2;1H. The molecule has 1 fully saturated rings. The van der Waals surface area contributed by atoms with Gasteiger partial charge >= 0.3 is 0 Å². The molecule has 1 amide bonds. The Morgan fingerprint density at radius 2 is 1.93 bits per heavy atom. The average Bonchev–Trinajstić information content (AvgIpc) is 2.97. The Kier molecular flexibility index (Phi) is 9.01. The topological polar surface area (TPSA) is 67.3 Å². The zero-order valence-electron chi connectivity index (χ0n) is 15.4. The minimum absolute atomic E-state index is 0. The van der Waals surface area contributed by atoms with E-state index < -0.39 is 0 Å². The first kappa shape index (κ1) is 21.1. The second-order valence-corrected chi connectivity index (χ2v) is 6.51. The summed E-state index contributed by atoms with van der Waals surface area (Å²) in [7, 11) is 0. The van der Waals surface area contributed by atoms with Crippen molar-refractivity contribution in [2.45, 2.75) is 38.3 Å². The van der Waals surface area contributed by atoms with Crippen molar-refractivity contribution in [3.8, 4) is 5.75 Å². The van der Waals surface area contributed by atoms with Crippen LogP contribution in [0.15, 0.2) is 49.1 Å². The number of rotatable bonds is 7. The van der Waals surface area contributed by atoms with E-state index in [1.54, 1.807) is 12.4 Å². The van der Waals surface area contributed by atoms with Crippen molar-refractivity contribution in [2.75, 3.05) is 19.7 Å². The fraction of sp³-hybridized carbons (Fsp3) is 0.450. The first-order valence-corrected chi connectivity index (χ1v) is 9.25. The zero-order valence-corrected chi connectivity index (χ0v) is 16.2. The third-order valence-corrected chi connectivity index (χ3v) is 4.60. The fourth-order valence-corrected chi connectivity index (χ4v) is 3.26. The van der Waals surface area contributed by atoms with Gasteiger partial charge in [0.1, 0.15) is 12.1 Å². The molecule has 6 nitrogen and oxygen atoms in total. The van der Waals surface area contributed by atoms with Gasteiger partial charge in [-0.3, -0.25) is 4.79 Å². The van der Waals surface area contributed by atoms with E-state index in [-0.39, 0.29) is 24.4 Å². The molecule has 1 N–H and O–H groups in total. The van der Waals surface area contributed by atoms with Crippen LogP contribution >= 0.6 is 12.4 Å². The number of amides is 1. The second-order valence-electron chi connectivity index (χ2n) is 6.51. The summed E-state index contributed by atoms with van der Waals surface area (Å²) in [5.74, 6) is 0.915. The highest BCUT2D eigenvalue weighted by molar-refractivity contribution is 5.85. The van der Waals surface area contributed by atoms with Gasteiger partial charge in [0.15, 0.2) is 0 Å². The largest absolute Gasteiger partial charge is 0.493 e. The van der Waals surface area contributed by atoms with E-state index in [0.29, 0.717) is 19.6 Å². The van der Waals surface area contributed by atoms with Crippen LogP contribution in [-0.2, 0) is 11.3 Å². The van der Waals surface area contributed by atoms with Crippen LogP contribution in [0.3, 0.4) is 0 Å². The SMILES string of the molecule is Cl.O=C(CCOc1ccccc1)N(Cc1cncnc1)C1CCCNCC1. The predicted octanol–water partition coefficient (Wildman–Crippen LogP) is 2.84. The number of ether oxygens (including phenoxy) is 1. The minimum Gasteiger partial charge on any atom is -0.493 e. The molecule has 1 saturated heterocycles. The Labute approximate surface area is 166 Å². The highest BCUT2D eigenvalue weighted by Crippen LogP contribution is 2.18. The number of hydrogen-bond donors (Lipinski definition) is 1. The third kappa shape index (κ3) is 6.81. The van der Waals surface area contributed by atoms with E-state index in [4.69, 9.17) is 4.74 Å². The molecule has 1 aromatic carbocycles. The van der Waals surface area contributed by atoms with Gasteiger partial charge in [-0.2, -0.15) is 0 Å². The lowest BCUT2D eigenvalue weighted by Gasteiger charge is -2.31. The van der Waals surface area contributed by atoms with E-state index in [0.717, 1.165) is 43.7 Å². The summed E-state index contributed by atoms with van der Waals surface area (Å²) in [5, 5.41) is 3.41. The Balaban J connectivity index is 0.00000261. The molecule has 0 aliphatic carbocycles. The van der Waals surface area contributed by atoms with Crippen molar-refractivity contribution in [3.05, 3.63) is 54.6 Å². The first-order valence-electron chi connectivity index (χ1n) is 9.25. The summed E-state index contributed by atoms with van der Waals surface area (Å²) in [6.07, 6.45) is 8.52. The molecular weight excluding hydrogens is 364 g/mol. The normalized spacial score (nSPS) is 16.7. The number of aromatic nitrogens is 2. The lowest BCUT2D eigenvalue weighted by molar-refractivity contribution is -0.135. The highest BCUT2D eigenvalue weighted by atomic mass is 35.5. The number of para-hydroxylation sites is 1. The van der Waals surface area contributed by atoms with E-state index in [1.807, 2.05) is 35.2 Å². The molecule has 2 heterocycles. The number of benzene rings is 1. The summed E-state index contributed by atoms with van der Waals surface area (Å²) in [6, 6.07) is 9.85. The van der Waals surface area contributed by atoms with Gasteiger partial charge in [0.25, 0.3) is 0 Å². The monoisotopic (exact) mass is 390 g/mol. The molecule has 0 saturated carbocycles. The third-order valence-electron chi connectivity index (χ3n) is 4.60. The van der Waals surface area contributed by atoms with Crippen molar-refractivity contribution >= 4 is 18.3 Å². The number of halogens is 1. The summed E-state index contributed by atoms with van der Waals surface area (Å²) < 4.78 is 5.70. The minimum atomic E-state index is 0. The molecular formula is C20H27ClN4O2. The van der Waals surface area contributed by atoms with Crippen LogP contribution in [0.4, 0.5) is 0 Å². The van der Waals surface area contributed by atoms with Crippen molar-refractivity contribution in [1.29, 1.82) is 0 Å². The second kappa shape index (κ2) is 11.5. The Morgan fingerprint density at radius 1 is 1.15 bits per heavy atom. The number of hydrogen-bond acceptors (Lipinski definition) is 5. The van der Waals surface area contributed by atoms with Gasteiger partial charge in [0.05, 0.1) is 13.0 Å². The number of nitrogens with zero attached hydrogens (tertiary/aromatic N) is 3. The van der Waals surface area contributed by atoms with E-state index >= 15 is 0 Å². The van der Waals surface area contributed by atoms with Crippen LogP contribution in [0.1, 0.15) is 31.2 Å². The van der Waals surface area contributed by atoms with Crippen molar-refractivity contribution in [3.63, 3.8) is 0 Å². The number of nitrogens with one attached hydrogen (secondary N) is 1. The summed E-state index contributed by atoms with van der Waals surface area (Å²) in [6.45, 7) is 2.90. The number of carbonyl (C=O) groups excluding carboxylic acids is 1. The van der Waals surface area contributed by atoms with Gasteiger partial charge in [-0.25, -0.2) is 9.97 Å². The molecule has 0 bridgehead atoms. The summed E-state index contributed by atoms with van der Waals surface area (Å²) >= 11 is 0. The van der Waals surface area contributed by atoms with E-state index in [9.17, 15) is 4.79 Å². The fourth-order valence-electron chi connectivity index (χ4n) is 3.26. The van der Waals surface area contributed by atoms with Crippen molar-refractivity contribution in [1.82, 2.24) is 20.2 Å². The quantitative estimate of drug-likeness (QED) is 0.787. The van der Waals surface area contributed by atoms with Crippen molar-refractivity contribution < 1.29 is 9.53 Å². The molecule has 1 aliphatic heterocycles. The zero-order chi connectivity index (χ0) is 18.0. The molecule has 0 spiro atoms. The van der Waals surface area contributed by atoms with Gasteiger partial charge in [0, 0.05) is 30.5 Å². The molecule has 1 aliphatic rings. The van der Waals surface area contributed by atoms with Gasteiger partial charge in [-0.15, -0.1) is 12.4 Å². The van der Waals surface area contributed by atoms with Gasteiger partial charge in [-0.05, 0) is 44.5 Å². The van der Waals surface area contributed by atoms with Gasteiger partial charge < -0.3 is 15.0 Å². The van der Waals surface area contributed by atoms with Crippen LogP contribution in [-0.4, -0.2) is 46.5 Å². The maximum absolute atomic E-state index is 12.9. The molecule has 1 aromatic heterocycles. The van der Waals surface area contributed by atoms with E-state index in [1.165, 1.54) is 6.33 Å². The van der Waals surface area contributed by atoms with Gasteiger partial charge in [-0.1, -0.05) is 18.2 Å². The molecule has 1 atom stereocenters. The van der Waals surface area contributed by atoms with Crippen LogP contribution in [0.5, 0.6) is 5.75 Å². The first-order chi connectivity index (χ1) is 12.8. The lowest BCUT2D eigenvalue weighted by atomic mass is 10.1. The van der Waals surface area contributed by atoms with E-state index in [2.05, 4.69) is 15.3 Å². The van der Waals surface area contributed by atoms with Gasteiger partial charge in [0.2, 0.25) is 5.91 Å². The molecule has 3 rings (SSSR count). The highest BCUT2D eigenvalue weighted by Gasteiger charge is 2.24. The van der Waals surface area contributed by atoms with Crippen LogP contribution in [0, 0.1) is 0 Å². The number of carbonyl (C=O) groups is 1. The molecule has 1 unspecified atom stereocenters. The average molecular weight is 391 g/mol. The lowest BCUT2D eigenvalue weighted by Crippen LogP contribution is -2.41. The maximum atomic E-state index is 12.9. The van der Waals surface area contributed by atoms with Crippen LogP contribution in [0.25, 0.3) is 0 Å². The Bertz CT molecular complexity index is 664. The van der Waals surface area contributed by atoms with Crippen LogP contribution < -0.4 is 10.1 Å². The van der Waals surface area contributed by atoms with Crippen molar-refractivity contribution in [2.24, 2.45) is 0 Å². The molecule has 146 valence electrons. The predicted molar refractivity (Wildman–Crippen MR) is 107 cm³/mol. The molecule has 7 heteroatoms. The Morgan fingerprint density at radius 3 is 2.70 bits per heavy atom. The smallest absolute Gasteiger partial charge is 0.226 e. The maximum Gasteiger partial charge on any atom is 0.226 e. The summed E-state index contributed by atoms with van der Waals surface area (Å²) in [5.41, 5.74) is 0.960. The molecule has 27 heavy (non-hydrogen) atoms. The Hall–Kier alpha value is -2.18. The molecule has 2 aromatic rings. The summed E-state index contributed by atoms with van der Waals surface area (Å²) in [4.78, 5) is 23.1. The van der Waals surface area contributed by atoms with Crippen LogP contribution in [0.2, 0.25) is 0 Å².